The Morgan fingerprint density at radius 1 is 0.577 bits per heavy atom. The van der Waals surface area contributed by atoms with Crippen molar-refractivity contribution in [1.82, 2.24) is 24.5 Å². The van der Waals surface area contributed by atoms with Crippen molar-refractivity contribution in [3.05, 3.63) is 128 Å². The van der Waals surface area contributed by atoms with Gasteiger partial charge < -0.3 is 50.2 Å². The molecule has 0 bridgehead atoms. The maximum absolute atomic E-state index is 12.6. The summed E-state index contributed by atoms with van der Waals surface area (Å²) in [5, 5.41) is 36.7. The molecule has 6 aromatic rings. The summed E-state index contributed by atoms with van der Waals surface area (Å²) in [4.78, 5) is 101. The molecule has 0 radical (unpaired) electrons. The summed E-state index contributed by atoms with van der Waals surface area (Å²) in [7, 11) is 5.24. The molecule has 97 heavy (non-hydrogen) atoms. The smallest absolute Gasteiger partial charge is 0.870 e. The number of aliphatic carboxylic acids is 2. The van der Waals surface area contributed by atoms with Crippen molar-refractivity contribution < 1.29 is 102 Å². The van der Waals surface area contributed by atoms with Gasteiger partial charge in [0.15, 0.2) is 18.0 Å². The molecule has 4 aromatic carbocycles. The minimum Gasteiger partial charge on any atom is -0.870 e. The number of hydrogen-bond acceptors (Lipinski definition) is 21. The monoisotopic (exact) mass is 1340 g/mol. The number of carboxylic acids is 2. The molecule has 0 fully saturated rings. The van der Waals surface area contributed by atoms with Crippen LogP contribution in [0.1, 0.15) is 173 Å². The molecule has 8 rings (SSSR count). The summed E-state index contributed by atoms with van der Waals surface area (Å²) >= 11 is 0. The molecule has 2 aliphatic rings. The van der Waals surface area contributed by atoms with Crippen LogP contribution < -0.4 is 24.6 Å². The van der Waals surface area contributed by atoms with Crippen molar-refractivity contribution in [2.75, 3.05) is 21.2 Å². The predicted molar refractivity (Wildman–Crippen MR) is 364 cm³/mol. The predicted octanol–water partition coefficient (Wildman–Crippen LogP) is 6.22. The number of aliphatic hydroxyl groups is 1. The summed E-state index contributed by atoms with van der Waals surface area (Å²) in [6, 6.07) is 14.6. The number of nitrogens with two attached hydrogens (primary N) is 1. The van der Waals surface area contributed by atoms with E-state index in [0.717, 1.165) is 67.3 Å². The molecule has 26 heteroatoms. The first-order chi connectivity index (χ1) is 44.0. The third-order valence-electron chi connectivity index (χ3n) is 14.3. The van der Waals surface area contributed by atoms with Crippen LogP contribution in [0.4, 0.5) is 0 Å². The molecular formula is C71H97LiN8O17. The van der Waals surface area contributed by atoms with Gasteiger partial charge in [-0.3, -0.25) is 43.7 Å². The summed E-state index contributed by atoms with van der Waals surface area (Å²) in [6.45, 7) is 32.6. The first kappa shape index (κ1) is 85.0. The van der Waals surface area contributed by atoms with E-state index >= 15 is 0 Å². The Morgan fingerprint density at radius 2 is 0.959 bits per heavy atom. The van der Waals surface area contributed by atoms with Crippen molar-refractivity contribution in [1.29, 1.82) is 0 Å². The SMILES string of the molecule is CC(=O)O[C@H](Cc1cc(C)c2c(cnn2C(C)=O)c1)C(=O)CC(C)(C)C.CC(=O)O[C@H](Cc1cc(C)c2c(cnn2C(C)=O)c1)C(=O)O.CN(C)C(OC(C)(C)C)OC(C)(C)C.COC(=O)[C@H](N)Cc1cc(C)c2c(c1)C=NC2.Cc1cc(C[C@@H](O)C(=O)O)cc2c1CN=C2.[Li+].[OH-]. The van der Waals surface area contributed by atoms with Crippen LogP contribution in [0.15, 0.2) is 70.9 Å². The molecule has 0 saturated carbocycles. The molecule has 0 unspecified atom stereocenters. The number of carbonyl (C=O) groups excluding carboxylic acids is 6. The van der Waals surface area contributed by atoms with Crippen molar-refractivity contribution in [3.63, 3.8) is 0 Å². The second-order valence-corrected chi connectivity index (χ2v) is 27.0. The van der Waals surface area contributed by atoms with Crippen LogP contribution in [-0.2, 0) is 91.2 Å². The largest absolute Gasteiger partial charge is 1.00 e. The number of ketones is 1. The van der Waals surface area contributed by atoms with Gasteiger partial charge in [-0.15, -0.1) is 0 Å². The zero-order valence-corrected chi connectivity index (χ0v) is 60.1. The number of ether oxygens (including phenoxy) is 5. The van der Waals surface area contributed by atoms with Crippen LogP contribution in [-0.4, -0.2) is 168 Å². The minimum atomic E-state index is -1.34. The van der Waals surface area contributed by atoms with Crippen molar-refractivity contribution in [2.45, 2.75) is 205 Å². The van der Waals surface area contributed by atoms with Gasteiger partial charge in [0.1, 0.15) is 6.04 Å². The van der Waals surface area contributed by atoms with Gasteiger partial charge in [0, 0.05) is 76.6 Å². The maximum Gasteiger partial charge on any atom is 1.00 e. The van der Waals surface area contributed by atoms with E-state index in [2.05, 4.69) is 37.9 Å². The Morgan fingerprint density at radius 3 is 1.31 bits per heavy atom. The molecule has 4 heterocycles. The number of aliphatic hydroxyl groups excluding tert-OH is 1. The van der Waals surface area contributed by atoms with Crippen molar-refractivity contribution in [2.24, 2.45) is 21.1 Å². The molecule has 6 N–H and O–H groups in total. The number of fused-ring (bicyclic) bond motifs is 4. The van der Waals surface area contributed by atoms with E-state index in [1.807, 2.05) is 139 Å². The number of carbonyl (C=O) groups is 8. The van der Waals surface area contributed by atoms with Gasteiger partial charge >= 0.3 is 48.7 Å². The molecule has 0 saturated heterocycles. The number of methoxy groups -OCH3 is 1. The van der Waals surface area contributed by atoms with Gasteiger partial charge in [0.05, 0.1) is 54.8 Å². The topological polar surface area (TPSA) is 363 Å². The van der Waals surface area contributed by atoms with Crippen molar-refractivity contribution in [3.8, 4) is 0 Å². The molecule has 4 atom stereocenters. The number of rotatable bonds is 18. The zero-order chi connectivity index (χ0) is 71.8. The van der Waals surface area contributed by atoms with Crippen LogP contribution in [0.25, 0.3) is 21.8 Å². The van der Waals surface area contributed by atoms with Gasteiger partial charge in [-0.05, 0) is 186 Å². The number of hydrogen-bond donors (Lipinski definition) is 4. The Labute approximate surface area is 580 Å². The van der Waals surface area contributed by atoms with Crippen LogP contribution in [0.3, 0.4) is 0 Å². The Balaban J connectivity index is 0.000000418. The second kappa shape index (κ2) is 37.0. The number of nitrogens with zero attached hydrogens (tertiary/aromatic N) is 7. The number of aromatic nitrogens is 4. The van der Waals surface area contributed by atoms with E-state index in [-0.39, 0.29) is 83.8 Å². The fourth-order valence-electron chi connectivity index (χ4n) is 10.3. The molecule has 0 amide bonds. The summed E-state index contributed by atoms with van der Waals surface area (Å²) < 4.78 is 28.9. The van der Waals surface area contributed by atoms with E-state index < -0.39 is 48.2 Å². The maximum atomic E-state index is 12.6. The van der Waals surface area contributed by atoms with E-state index in [1.165, 1.54) is 60.9 Å². The quantitative estimate of drug-likeness (QED) is 0.0321. The third kappa shape index (κ3) is 27.0. The molecule has 524 valence electrons. The van der Waals surface area contributed by atoms with Gasteiger partial charge in [-0.1, -0.05) is 45.0 Å². The average molecular weight is 1340 g/mol. The number of carboxylic acid groups (broad SMARTS) is 2. The number of aliphatic imine (C=N–C) groups is 2. The number of Topliss-reactive ketones (excluding diaryl/α,β-unsaturated/α-hetero) is 1. The number of esters is 3. The normalized spacial score (nSPS) is 13.2. The molecule has 0 spiro atoms. The van der Waals surface area contributed by atoms with E-state index in [9.17, 15) is 43.5 Å². The van der Waals surface area contributed by atoms with E-state index in [4.69, 9.17) is 34.9 Å². The van der Waals surface area contributed by atoms with Crippen LogP contribution in [0.5, 0.6) is 0 Å². The third-order valence-corrected chi connectivity index (χ3v) is 14.3. The molecular weight excluding hydrogens is 1240 g/mol. The molecule has 25 nitrogen and oxygen atoms in total. The number of benzene rings is 4. The first-order valence-electron chi connectivity index (χ1n) is 31.0. The van der Waals surface area contributed by atoms with Gasteiger partial charge in [-0.25, -0.2) is 19.0 Å². The van der Waals surface area contributed by atoms with E-state index in [1.54, 1.807) is 30.7 Å². The van der Waals surface area contributed by atoms with Gasteiger partial charge in [0.2, 0.25) is 24.3 Å². The van der Waals surface area contributed by atoms with Crippen LogP contribution in [0.2, 0.25) is 0 Å². The fraction of sp³-hybridized carbons (Fsp3) is 0.493. The van der Waals surface area contributed by atoms with E-state index in [0.29, 0.717) is 36.9 Å². The fourth-order valence-corrected chi connectivity index (χ4v) is 10.3. The second-order valence-electron chi connectivity index (χ2n) is 27.0. The Kier molecular flexibility index (Phi) is 32.4. The average Bonchev–Trinajstić information content (AvgIpc) is 1.71. The Bertz CT molecular complexity index is 3810. The molecule has 2 aromatic heterocycles. The number of aryl methyl sites for hydroxylation is 4. The van der Waals surface area contributed by atoms with Gasteiger partial charge in [0.25, 0.3) is 0 Å². The standard InChI is InChI=1S/C20H26N2O4.C15H16N2O5.C13H16N2O2.C12H13NO3.C11H25NO2.Li.H2O/c1-12-7-15(8-16-11-21-22(13(2)23)19(12)16)9-18(26-14(3)24)17(25)10-20(4,5)6;1-8-4-11(6-13(15(20)21)22-10(3)19)5-12-7-16-17(9(2)18)14(8)12;1-8-3-9(5-12(14)13(16)17-2)4-10-6-15-7-11(8)10;1-7-2-8(4-11(14)12(15)16)3-9-5-13-6-10(7)9;1-10(2,3)13-9(12(7)8)14-11(4,5)6;;/h7-8,11,18H,9-10H2,1-6H3;4-5,7,13H,6H2,1-3H3,(H,20,21);3-4,6,12H,5,7,14H2,1-2H3;2-3,5,11,14H,4,6H2,1H3,(H,15,16);9H,1-8H3;;1H2/q;;;;;+1;/p-1/t18-;13-;12-;11-;;;/m1111.../s1. The van der Waals surface area contributed by atoms with Crippen LogP contribution in [0, 0.1) is 33.1 Å². The molecule has 0 aliphatic carbocycles. The van der Waals surface area contributed by atoms with Crippen molar-refractivity contribution >= 4 is 81.7 Å². The minimum absolute atomic E-state index is 0. The van der Waals surface area contributed by atoms with Gasteiger partial charge in [-0.2, -0.15) is 10.2 Å². The Hall–Kier alpha value is -8.12. The van der Waals surface area contributed by atoms with Crippen LogP contribution >= 0.6 is 0 Å². The summed E-state index contributed by atoms with van der Waals surface area (Å²) in [6.07, 6.45) is 4.47. The summed E-state index contributed by atoms with van der Waals surface area (Å²) in [5.74, 6) is -4.34. The zero-order valence-electron chi connectivity index (χ0n) is 60.1. The summed E-state index contributed by atoms with van der Waals surface area (Å²) in [5.41, 5.74) is 18.7. The first-order valence-corrected chi connectivity index (χ1v) is 31.0. The molecule has 2 aliphatic heterocycles.